The SMILES string of the molecule is CCOC(=O)C1CCN(S(=O)(=O)c2ccc(S(=O)(=O)N3CCCC3)cc2)CC1. The Bertz CT molecular complexity index is 898. The molecule has 0 amide bonds. The first kappa shape index (κ1) is 21.2. The summed E-state index contributed by atoms with van der Waals surface area (Å²) in [7, 11) is -7.31. The van der Waals surface area contributed by atoms with Gasteiger partial charge in [0.15, 0.2) is 0 Å². The molecule has 1 aromatic rings. The number of sulfonamides is 2. The van der Waals surface area contributed by atoms with Crippen LogP contribution in [0.15, 0.2) is 34.1 Å². The van der Waals surface area contributed by atoms with Crippen LogP contribution in [0.5, 0.6) is 0 Å². The fourth-order valence-electron chi connectivity index (χ4n) is 3.60. The zero-order valence-electron chi connectivity index (χ0n) is 15.9. The third-order valence-electron chi connectivity index (χ3n) is 5.24. The molecule has 8 nitrogen and oxygen atoms in total. The minimum absolute atomic E-state index is 0.0578. The average Bonchev–Trinajstić information content (AvgIpc) is 3.24. The molecular weight excluding hydrogens is 404 g/mol. The second-order valence-electron chi connectivity index (χ2n) is 7.01. The Morgan fingerprint density at radius 1 is 0.893 bits per heavy atom. The van der Waals surface area contributed by atoms with Crippen molar-refractivity contribution in [2.75, 3.05) is 32.8 Å². The van der Waals surface area contributed by atoms with Crippen LogP contribution in [0.4, 0.5) is 0 Å². The summed E-state index contributed by atoms with van der Waals surface area (Å²) in [6.07, 6.45) is 2.51. The third-order valence-corrected chi connectivity index (χ3v) is 9.06. The highest BCUT2D eigenvalue weighted by Crippen LogP contribution is 2.26. The van der Waals surface area contributed by atoms with Gasteiger partial charge < -0.3 is 4.74 Å². The van der Waals surface area contributed by atoms with Crippen molar-refractivity contribution in [2.24, 2.45) is 5.92 Å². The summed E-state index contributed by atoms with van der Waals surface area (Å²) in [5, 5.41) is 0. The van der Waals surface area contributed by atoms with Gasteiger partial charge in [0.2, 0.25) is 20.0 Å². The Kier molecular flexibility index (Phi) is 6.43. The lowest BCUT2D eigenvalue weighted by Crippen LogP contribution is -2.40. The molecule has 3 rings (SSSR count). The Balaban J connectivity index is 1.70. The third kappa shape index (κ3) is 4.24. The van der Waals surface area contributed by atoms with E-state index in [0.717, 1.165) is 12.8 Å². The van der Waals surface area contributed by atoms with Crippen LogP contribution in [-0.2, 0) is 29.6 Å². The zero-order chi connectivity index (χ0) is 20.4. The lowest BCUT2D eigenvalue weighted by molar-refractivity contribution is -0.149. The van der Waals surface area contributed by atoms with Gasteiger partial charge in [-0.1, -0.05) is 0 Å². The number of benzene rings is 1. The van der Waals surface area contributed by atoms with Crippen molar-refractivity contribution in [3.63, 3.8) is 0 Å². The molecule has 2 fully saturated rings. The topological polar surface area (TPSA) is 101 Å². The van der Waals surface area contributed by atoms with E-state index in [4.69, 9.17) is 4.74 Å². The average molecular weight is 431 g/mol. The predicted octanol–water partition coefficient (Wildman–Crippen LogP) is 1.43. The van der Waals surface area contributed by atoms with Crippen LogP contribution >= 0.6 is 0 Å². The number of carbonyl (C=O) groups excluding carboxylic acids is 1. The number of nitrogens with zero attached hydrogens (tertiary/aromatic N) is 2. The van der Waals surface area contributed by atoms with Gasteiger partial charge in [-0.2, -0.15) is 8.61 Å². The number of carbonyl (C=O) groups is 1. The van der Waals surface area contributed by atoms with Gasteiger partial charge in [0.05, 0.1) is 22.3 Å². The van der Waals surface area contributed by atoms with Crippen LogP contribution in [-0.4, -0.2) is 64.2 Å². The van der Waals surface area contributed by atoms with Gasteiger partial charge in [-0.05, 0) is 56.9 Å². The Morgan fingerprint density at radius 3 is 1.75 bits per heavy atom. The molecule has 2 aliphatic rings. The lowest BCUT2D eigenvalue weighted by atomic mass is 9.98. The maximum atomic E-state index is 12.9. The van der Waals surface area contributed by atoms with Gasteiger partial charge in [0.1, 0.15) is 0 Å². The first-order valence-corrected chi connectivity index (χ1v) is 12.4. The molecule has 0 N–H and O–H groups in total. The first-order chi connectivity index (χ1) is 13.3. The Labute approximate surface area is 166 Å². The monoisotopic (exact) mass is 430 g/mol. The van der Waals surface area contributed by atoms with Gasteiger partial charge in [0.25, 0.3) is 0 Å². The van der Waals surface area contributed by atoms with Crippen molar-refractivity contribution in [1.82, 2.24) is 8.61 Å². The number of rotatable bonds is 6. The summed E-state index contributed by atoms with van der Waals surface area (Å²) in [6.45, 7) is 3.52. The van der Waals surface area contributed by atoms with Gasteiger partial charge in [-0.3, -0.25) is 4.79 Å². The molecule has 0 spiro atoms. The molecule has 10 heteroatoms. The number of ether oxygens (including phenoxy) is 1. The highest BCUT2D eigenvalue weighted by Gasteiger charge is 2.33. The van der Waals surface area contributed by atoms with Crippen LogP contribution in [0.3, 0.4) is 0 Å². The van der Waals surface area contributed by atoms with Crippen LogP contribution in [0, 0.1) is 5.92 Å². The number of esters is 1. The molecule has 156 valence electrons. The van der Waals surface area contributed by atoms with Gasteiger partial charge in [-0.25, -0.2) is 16.8 Å². The fraction of sp³-hybridized carbons (Fsp3) is 0.611. The highest BCUT2D eigenvalue weighted by molar-refractivity contribution is 7.89. The number of hydrogen-bond acceptors (Lipinski definition) is 6. The van der Waals surface area contributed by atoms with Gasteiger partial charge >= 0.3 is 5.97 Å². The molecule has 0 aliphatic carbocycles. The molecule has 1 aromatic carbocycles. The van der Waals surface area contributed by atoms with E-state index in [-0.39, 0.29) is 34.8 Å². The number of piperidine rings is 1. The van der Waals surface area contributed by atoms with E-state index in [2.05, 4.69) is 0 Å². The second kappa shape index (κ2) is 8.48. The maximum absolute atomic E-state index is 12.9. The van der Waals surface area contributed by atoms with Gasteiger partial charge in [-0.15, -0.1) is 0 Å². The molecule has 0 atom stereocenters. The Morgan fingerprint density at radius 2 is 1.32 bits per heavy atom. The quantitative estimate of drug-likeness (QED) is 0.633. The van der Waals surface area contributed by atoms with E-state index >= 15 is 0 Å². The molecule has 2 aliphatic heterocycles. The van der Waals surface area contributed by atoms with E-state index in [1.807, 2.05) is 0 Å². The number of hydrogen-bond donors (Lipinski definition) is 0. The molecule has 0 bridgehead atoms. The fourth-order valence-corrected chi connectivity index (χ4v) is 6.59. The van der Waals surface area contributed by atoms with Crippen LogP contribution in [0.1, 0.15) is 32.6 Å². The second-order valence-corrected chi connectivity index (χ2v) is 10.9. The van der Waals surface area contributed by atoms with Crippen molar-refractivity contribution < 1.29 is 26.4 Å². The standard InChI is InChI=1S/C18H26N2O6S2/c1-2-26-18(21)15-9-13-20(14-10-15)28(24,25)17-7-5-16(6-8-17)27(22,23)19-11-3-4-12-19/h5-8,15H,2-4,9-14H2,1H3. The summed E-state index contributed by atoms with van der Waals surface area (Å²) in [6, 6.07) is 5.39. The summed E-state index contributed by atoms with van der Waals surface area (Å²) >= 11 is 0. The molecule has 2 heterocycles. The van der Waals surface area contributed by atoms with E-state index in [1.54, 1.807) is 6.92 Å². The minimum atomic E-state index is -3.73. The smallest absolute Gasteiger partial charge is 0.309 e. The summed E-state index contributed by atoms with van der Waals surface area (Å²) in [5.74, 6) is -0.560. The summed E-state index contributed by atoms with van der Waals surface area (Å²) in [4.78, 5) is 12.0. The van der Waals surface area contributed by atoms with Crippen molar-refractivity contribution in [1.29, 1.82) is 0 Å². The molecule has 2 saturated heterocycles. The zero-order valence-corrected chi connectivity index (χ0v) is 17.5. The highest BCUT2D eigenvalue weighted by atomic mass is 32.2. The van der Waals surface area contributed by atoms with E-state index < -0.39 is 20.0 Å². The molecular formula is C18H26N2O6S2. The lowest BCUT2D eigenvalue weighted by Gasteiger charge is -2.30. The van der Waals surface area contributed by atoms with E-state index in [9.17, 15) is 21.6 Å². The van der Waals surface area contributed by atoms with Crippen molar-refractivity contribution in [3.8, 4) is 0 Å². The van der Waals surface area contributed by atoms with Crippen LogP contribution in [0.25, 0.3) is 0 Å². The molecule has 28 heavy (non-hydrogen) atoms. The van der Waals surface area contributed by atoms with Gasteiger partial charge in [0, 0.05) is 26.2 Å². The molecule has 0 saturated carbocycles. The van der Waals surface area contributed by atoms with Crippen LogP contribution in [0.2, 0.25) is 0 Å². The largest absolute Gasteiger partial charge is 0.466 e. The normalized spacial score (nSPS) is 20.3. The predicted molar refractivity (Wildman–Crippen MR) is 103 cm³/mol. The first-order valence-electron chi connectivity index (χ1n) is 9.54. The van der Waals surface area contributed by atoms with E-state index in [1.165, 1.54) is 32.9 Å². The van der Waals surface area contributed by atoms with Crippen molar-refractivity contribution in [3.05, 3.63) is 24.3 Å². The van der Waals surface area contributed by atoms with E-state index in [0.29, 0.717) is 32.5 Å². The summed E-state index contributed by atoms with van der Waals surface area (Å²) < 4.78 is 58.6. The minimum Gasteiger partial charge on any atom is -0.466 e. The molecule has 0 aromatic heterocycles. The summed E-state index contributed by atoms with van der Waals surface area (Å²) in [5.41, 5.74) is 0. The Hall–Kier alpha value is -1.49. The van der Waals surface area contributed by atoms with Crippen molar-refractivity contribution >= 4 is 26.0 Å². The molecule has 0 radical (unpaired) electrons. The maximum Gasteiger partial charge on any atom is 0.309 e. The molecule has 0 unspecified atom stereocenters. The van der Waals surface area contributed by atoms with Crippen LogP contribution < -0.4 is 0 Å². The van der Waals surface area contributed by atoms with Crippen molar-refractivity contribution in [2.45, 2.75) is 42.4 Å².